The van der Waals surface area contributed by atoms with Crippen LogP contribution in [0.2, 0.25) is 0 Å². The molecule has 1 aliphatic heterocycles. The van der Waals surface area contributed by atoms with Gasteiger partial charge < -0.3 is 20.1 Å². The zero-order valence-corrected chi connectivity index (χ0v) is 17.1. The Morgan fingerprint density at radius 3 is 2.45 bits per heavy atom. The molecule has 2 aromatic rings. The molecule has 2 N–H and O–H groups in total. The molecule has 0 aliphatic carbocycles. The van der Waals surface area contributed by atoms with Crippen LogP contribution in [0.3, 0.4) is 0 Å². The first-order valence-corrected chi connectivity index (χ1v) is 9.72. The van der Waals surface area contributed by atoms with Crippen LogP contribution in [0.25, 0.3) is 0 Å². The minimum Gasteiger partial charge on any atom is -0.463 e. The van der Waals surface area contributed by atoms with E-state index in [9.17, 15) is 9.59 Å². The number of hydrogen-bond donors (Lipinski definition) is 2. The van der Waals surface area contributed by atoms with Gasteiger partial charge in [0.25, 0.3) is 0 Å². The quantitative estimate of drug-likeness (QED) is 0.701. The van der Waals surface area contributed by atoms with Crippen LogP contribution in [-0.2, 0) is 9.53 Å². The molecule has 0 saturated carbocycles. The van der Waals surface area contributed by atoms with Gasteiger partial charge in [0.2, 0.25) is 0 Å². The molecule has 29 heavy (non-hydrogen) atoms. The summed E-state index contributed by atoms with van der Waals surface area (Å²) in [7, 11) is 0. The maximum absolute atomic E-state index is 12.6. The number of carbonyl (C=O) groups excluding carboxylic acids is 2. The molecule has 0 spiro atoms. The maximum Gasteiger partial charge on any atom is 0.338 e. The van der Waals surface area contributed by atoms with Crippen molar-refractivity contribution < 1.29 is 19.1 Å². The van der Waals surface area contributed by atoms with Gasteiger partial charge in [-0.05, 0) is 55.2 Å². The lowest BCUT2D eigenvalue weighted by Gasteiger charge is -2.31. The van der Waals surface area contributed by atoms with Crippen molar-refractivity contribution in [2.24, 2.45) is 5.92 Å². The van der Waals surface area contributed by atoms with Crippen molar-refractivity contribution in [1.82, 2.24) is 10.6 Å². The third kappa shape index (κ3) is 4.77. The number of hydrogen-bond acceptors (Lipinski definition) is 4. The molecule has 6 heteroatoms. The number of nitrogens with one attached hydrogen (secondary N) is 2. The van der Waals surface area contributed by atoms with Gasteiger partial charge in [0.15, 0.2) is 0 Å². The highest BCUT2D eigenvalue weighted by atomic mass is 16.5. The van der Waals surface area contributed by atoms with E-state index in [0.29, 0.717) is 17.0 Å². The molecule has 1 unspecified atom stereocenters. The van der Waals surface area contributed by atoms with E-state index in [4.69, 9.17) is 9.47 Å². The molecule has 0 radical (unpaired) electrons. The lowest BCUT2D eigenvalue weighted by molar-refractivity contribution is -0.139. The Morgan fingerprint density at radius 2 is 1.83 bits per heavy atom. The first kappa shape index (κ1) is 20.5. The predicted octanol–water partition coefficient (Wildman–Crippen LogP) is 4.61. The third-order valence-corrected chi connectivity index (χ3v) is 4.61. The van der Waals surface area contributed by atoms with E-state index >= 15 is 0 Å². The van der Waals surface area contributed by atoms with Gasteiger partial charge in [0.1, 0.15) is 11.5 Å². The molecule has 0 bridgehead atoms. The van der Waals surface area contributed by atoms with Gasteiger partial charge >= 0.3 is 12.0 Å². The molecule has 0 fully saturated rings. The number of esters is 1. The van der Waals surface area contributed by atoms with Crippen LogP contribution in [0.4, 0.5) is 4.79 Å². The van der Waals surface area contributed by atoms with E-state index in [1.807, 2.05) is 69.3 Å². The van der Waals surface area contributed by atoms with Gasteiger partial charge in [-0.1, -0.05) is 38.1 Å². The lowest BCUT2D eigenvalue weighted by atomic mass is 9.91. The smallest absolute Gasteiger partial charge is 0.338 e. The van der Waals surface area contributed by atoms with Crippen LogP contribution in [0, 0.1) is 12.8 Å². The predicted molar refractivity (Wildman–Crippen MR) is 111 cm³/mol. The number of carbonyl (C=O) groups is 2. The minimum atomic E-state index is -0.590. The van der Waals surface area contributed by atoms with Crippen LogP contribution < -0.4 is 15.4 Å². The number of amides is 2. The molecule has 1 aliphatic rings. The summed E-state index contributed by atoms with van der Waals surface area (Å²) in [4.78, 5) is 24.8. The topological polar surface area (TPSA) is 76.7 Å². The normalized spacial score (nSPS) is 16.3. The SMILES string of the molecule is CCOC(=O)C1=C(C(C)C)NC(=O)NC1c1ccc(Oc2cccc(C)c2)cc1. The van der Waals surface area contributed by atoms with E-state index in [0.717, 1.165) is 16.9 Å². The summed E-state index contributed by atoms with van der Waals surface area (Å²) >= 11 is 0. The maximum atomic E-state index is 12.6. The number of benzene rings is 2. The standard InChI is InChI=1S/C23H26N2O4/c1-5-28-22(26)19-20(14(2)3)24-23(27)25-21(19)16-9-11-17(12-10-16)29-18-8-6-7-15(4)13-18/h6-14,21H,5H2,1-4H3,(H2,24,25,27). The zero-order valence-electron chi connectivity index (χ0n) is 17.1. The van der Waals surface area contributed by atoms with Crippen LogP contribution >= 0.6 is 0 Å². The average molecular weight is 394 g/mol. The van der Waals surface area contributed by atoms with Crippen molar-refractivity contribution in [1.29, 1.82) is 0 Å². The van der Waals surface area contributed by atoms with Crippen LogP contribution in [0.15, 0.2) is 59.8 Å². The van der Waals surface area contributed by atoms with Crippen molar-refractivity contribution in [2.45, 2.75) is 33.7 Å². The monoisotopic (exact) mass is 394 g/mol. The van der Waals surface area contributed by atoms with Crippen molar-refractivity contribution in [3.05, 3.63) is 70.9 Å². The molecule has 0 saturated heterocycles. The van der Waals surface area contributed by atoms with Crippen molar-refractivity contribution in [2.75, 3.05) is 6.61 Å². The molecule has 6 nitrogen and oxygen atoms in total. The Balaban J connectivity index is 1.91. The minimum absolute atomic E-state index is 0.0353. The Morgan fingerprint density at radius 1 is 1.10 bits per heavy atom. The summed E-state index contributed by atoms with van der Waals surface area (Å²) in [5, 5.41) is 5.59. The average Bonchev–Trinajstić information content (AvgIpc) is 2.68. The van der Waals surface area contributed by atoms with Gasteiger partial charge in [-0.2, -0.15) is 0 Å². The summed E-state index contributed by atoms with van der Waals surface area (Å²) < 4.78 is 11.1. The second-order valence-electron chi connectivity index (χ2n) is 7.22. The molecule has 152 valence electrons. The number of allylic oxidation sites excluding steroid dienone is 1. The summed E-state index contributed by atoms with van der Waals surface area (Å²) in [6.07, 6.45) is 0. The molecule has 2 aromatic carbocycles. The largest absolute Gasteiger partial charge is 0.463 e. The van der Waals surface area contributed by atoms with Gasteiger partial charge in [0.05, 0.1) is 18.2 Å². The molecule has 0 aromatic heterocycles. The molecule has 3 rings (SSSR count). The van der Waals surface area contributed by atoms with Crippen LogP contribution in [0.1, 0.15) is 37.9 Å². The molecule has 1 heterocycles. The number of ether oxygens (including phenoxy) is 2. The second-order valence-corrected chi connectivity index (χ2v) is 7.22. The summed E-state index contributed by atoms with van der Waals surface area (Å²) in [5.74, 6) is 0.952. The Bertz CT molecular complexity index is 932. The van der Waals surface area contributed by atoms with Gasteiger partial charge in [0, 0.05) is 5.70 Å². The summed E-state index contributed by atoms with van der Waals surface area (Å²) in [6, 6.07) is 14.2. The number of rotatable bonds is 6. The Hall–Kier alpha value is -3.28. The number of urea groups is 1. The van der Waals surface area contributed by atoms with Gasteiger partial charge in [-0.15, -0.1) is 0 Å². The Labute approximate surface area is 170 Å². The highest BCUT2D eigenvalue weighted by Gasteiger charge is 2.34. The first-order valence-electron chi connectivity index (χ1n) is 9.72. The van der Waals surface area contributed by atoms with Crippen LogP contribution in [-0.4, -0.2) is 18.6 Å². The summed E-state index contributed by atoms with van der Waals surface area (Å²) in [5.41, 5.74) is 2.89. The first-order chi connectivity index (χ1) is 13.9. The fourth-order valence-electron chi connectivity index (χ4n) is 3.27. The van der Waals surface area contributed by atoms with Crippen molar-refractivity contribution in [3.8, 4) is 11.5 Å². The third-order valence-electron chi connectivity index (χ3n) is 4.61. The zero-order chi connectivity index (χ0) is 21.0. The molecular formula is C23H26N2O4. The van der Waals surface area contributed by atoms with E-state index in [1.165, 1.54) is 0 Å². The highest BCUT2D eigenvalue weighted by Crippen LogP contribution is 2.32. The van der Waals surface area contributed by atoms with Crippen molar-refractivity contribution >= 4 is 12.0 Å². The van der Waals surface area contributed by atoms with Crippen molar-refractivity contribution in [3.63, 3.8) is 0 Å². The summed E-state index contributed by atoms with van der Waals surface area (Å²) in [6.45, 7) is 7.88. The van der Waals surface area contributed by atoms with E-state index < -0.39 is 12.0 Å². The van der Waals surface area contributed by atoms with Crippen LogP contribution in [0.5, 0.6) is 11.5 Å². The molecule has 1 atom stereocenters. The fraction of sp³-hybridized carbons (Fsp3) is 0.304. The molecule has 2 amide bonds. The highest BCUT2D eigenvalue weighted by molar-refractivity contribution is 5.95. The van der Waals surface area contributed by atoms with E-state index in [-0.39, 0.29) is 18.6 Å². The van der Waals surface area contributed by atoms with Gasteiger partial charge in [-0.3, -0.25) is 0 Å². The second kappa shape index (κ2) is 8.82. The lowest BCUT2D eigenvalue weighted by Crippen LogP contribution is -2.47. The van der Waals surface area contributed by atoms with E-state index in [1.54, 1.807) is 6.92 Å². The Kier molecular flexibility index (Phi) is 6.22. The molecular weight excluding hydrogens is 368 g/mol. The fourth-order valence-corrected chi connectivity index (χ4v) is 3.27. The number of aryl methyl sites for hydroxylation is 1. The van der Waals surface area contributed by atoms with Gasteiger partial charge in [-0.25, -0.2) is 9.59 Å². The van der Waals surface area contributed by atoms with E-state index in [2.05, 4.69) is 10.6 Å².